The van der Waals surface area contributed by atoms with Crippen LogP contribution in [0.3, 0.4) is 0 Å². The number of nitrogens with zero attached hydrogens (tertiary/aromatic N) is 1. The fourth-order valence-corrected chi connectivity index (χ4v) is 1.29. The highest BCUT2D eigenvalue weighted by molar-refractivity contribution is 6.40. The molecule has 0 saturated heterocycles. The Morgan fingerprint density at radius 1 is 1.25 bits per heavy atom. The molecule has 16 heavy (non-hydrogen) atoms. The molecule has 1 amide bonds. The second-order valence-electron chi connectivity index (χ2n) is 3.35. The fraction of sp³-hybridized carbons (Fsp3) is 0.333. The molecule has 0 bridgehead atoms. The van der Waals surface area contributed by atoms with E-state index in [1.165, 1.54) is 11.8 Å². The topological polar surface area (TPSA) is 46.6 Å². The van der Waals surface area contributed by atoms with E-state index in [9.17, 15) is 9.59 Å². The van der Waals surface area contributed by atoms with Gasteiger partial charge in [0.2, 0.25) is 5.78 Å². The highest BCUT2D eigenvalue weighted by Crippen LogP contribution is 2.18. The third kappa shape index (κ3) is 2.82. The largest absolute Gasteiger partial charge is 0.494 e. The van der Waals surface area contributed by atoms with Crippen molar-refractivity contribution in [2.45, 2.75) is 13.8 Å². The molecule has 0 aliphatic rings. The number of ketones is 1. The Bertz CT molecular complexity index is 384. The lowest BCUT2D eigenvalue weighted by Gasteiger charge is -2.15. The molecule has 1 aromatic carbocycles. The summed E-state index contributed by atoms with van der Waals surface area (Å²) in [4.78, 5) is 23.6. The van der Waals surface area contributed by atoms with Gasteiger partial charge >= 0.3 is 0 Å². The van der Waals surface area contributed by atoms with Crippen molar-refractivity contribution in [3.8, 4) is 5.75 Å². The van der Waals surface area contributed by atoms with E-state index in [1.807, 2.05) is 6.92 Å². The van der Waals surface area contributed by atoms with Gasteiger partial charge in [0, 0.05) is 19.7 Å². The van der Waals surface area contributed by atoms with Gasteiger partial charge in [-0.15, -0.1) is 0 Å². The van der Waals surface area contributed by atoms with Crippen LogP contribution in [0.25, 0.3) is 0 Å². The average molecular weight is 221 g/mol. The Morgan fingerprint density at radius 2 is 1.81 bits per heavy atom. The SMILES string of the molecule is CCOc1ccc(N(C)C(=O)C(C)=O)cc1. The van der Waals surface area contributed by atoms with Crippen LogP contribution in [0.1, 0.15) is 13.8 Å². The zero-order valence-electron chi connectivity index (χ0n) is 9.69. The van der Waals surface area contributed by atoms with Crippen LogP contribution in [0, 0.1) is 0 Å². The number of anilines is 1. The smallest absolute Gasteiger partial charge is 0.293 e. The molecule has 0 fully saturated rings. The standard InChI is InChI=1S/C12H15NO3/c1-4-16-11-7-5-10(6-8-11)13(3)12(15)9(2)14/h5-8H,4H2,1-3H3. The van der Waals surface area contributed by atoms with Gasteiger partial charge in [0.15, 0.2) is 0 Å². The minimum Gasteiger partial charge on any atom is -0.494 e. The molecule has 0 spiro atoms. The second-order valence-corrected chi connectivity index (χ2v) is 3.35. The van der Waals surface area contributed by atoms with Crippen molar-refractivity contribution >= 4 is 17.4 Å². The van der Waals surface area contributed by atoms with E-state index >= 15 is 0 Å². The molecule has 0 radical (unpaired) electrons. The quantitative estimate of drug-likeness (QED) is 0.726. The van der Waals surface area contributed by atoms with Crippen LogP contribution in [-0.2, 0) is 9.59 Å². The van der Waals surface area contributed by atoms with Gasteiger partial charge in [0.1, 0.15) is 5.75 Å². The number of carbonyl (C=O) groups excluding carboxylic acids is 2. The molecule has 4 heteroatoms. The van der Waals surface area contributed by atoms with Gasteiger partial charge in [0.25, 0.3) is 5.91 Å². The third-order valence-electron chi connectivity index (χ3n) is 2.14. The van der Waals surface area contributed by atoms with Crippen LogP contribution >= 0.6 is 0 Å². The first-order valence-electron chi connectivity index (χ1n) is 5.07. The molecule has 0 atom stereocenters. The van der Waals surface area contributed by atoms with Crippen molar-refractivity contribution in [2.24, 2.45) is 0 Å². The third-order valence-corrected chi connectivity index (χ3v) is 2.14. The van der Waals surface area contributed by atoms with Crippen LogP contribution in [0.4, 0.5) is 5.69 Å². The lowest BCUT2D eigenvalue weighted by atomic mass is 10.2. The molecule has 0 aliphatic carbocycles. The molecule has 1 rings (SSSR count). The van der Waals surface area contributed by atoms with Crippen LogP contribution in [0.15, 0.2) is 24.3 Å². The summed E-state index contributed by atoms with van der Waals surface area (Å²) >= 11 is 0. The predicted molar refractivity (Wildman–Crippen MR) is 61.7 cm³/mol. The maximum atomic E-state index is 11.4. The van der Waals surface area contributed by atoms with Crippen molar-refractivity contribution in [1.82, 2.24) is 0 Å². The Balaban J connectivity index is 2.81. The minimum atomic E-state index is -0.524. The Hall–Kier alpha value is -1.84. The van der Waals surface area contributed by atoms with E-state index < -0.39 is 11.7 Å². The number of Topliss-reactive ketones (excluding diaryl/α,β-unsaturated/α-hetero) is 1. The van der Waals surface area contributed by atoms with Crippen LogP contribution in [0.5, 0.6) is 5.75 Å². The van der Waals surface area contributed by atoms with Gasteiger partial charge in [-0.25, -0.2) is 0 Å². The molecule has 0 saturated carbocycles. The lowest BCUT2D eigenvalue weighted by molar-refractivity contribution is -0.134. The molecule has 0 heterocycles. The normalized spacial score (nSPS) is 9.69. The van der Waals surface area contributed by atoms with E-state index in [-0.39, 0.29) is 0 Å². The number of ether oxygens (including phenoxy) is 1. The molecule has 86 valence electrons. The van der Waals surface area contributed by atoms with E-state index in [2.05, 4.69) is 0 Å². The van der Waals surface area contributed by atoms with Crippen molar-refractivity contribution in [1.29, 1.82) is 0 Å². The van der Waals surface area contributed by atoms with Crippen LogP contribution in [0.2, 0.25) is 0 Å². The van der Waals surface area contributed by atoms with Crippen molar-refractivity contribution < 1.29 is 14.3 Å². The van der Waals surface area contributed by atoms with Gasteiger partial charge in [0.05, 0.1) is 6.61 Å². The summed E-state index contributed by atoms with van der Waals surface area (Å²) in [5.74, 6) is -0.254. The highest BCUT2D eigenvalue weighted by Gasteiger charge is 2.15. The van der Waals surface area contributed by atoms with E-state index in [0.717, 1.165) is 5.75 Å². The zero-order chi connectivity index (χ0) is 12.1. The molecule has 4 nitrogen and oxygen atoms in total. The number of carbonyl (C=O) groups is 2. The average Bonchev–Trinajstić information content (AvgIpc) is 2.28. The van der Waals surface area contributed by atoms with Crippen molar-refractivity contribution in [3.63, 3.8) is 0 Å². The highest BCUT2D eigenvalue weighted by atomic mass is 16.5. The number of amides is 1. The maximum Gasteiger partial charge on any atom is 0.293 e. The molecule has 1 aromatic rings. The van der Waals surface area contributed by atoms with E-state index in [0.29, 0.717) is 12.3 Å². The van der Waals surface area contributed by atoms with Gasteiger partial charge in [-0.3, -0.25) is 9.59 Å². The first-order valence-corrected chi connectivity index (χ1v) is 5.07. The number of benzene rings is 1. The van der Waals surface area contributed by atoms with Crippen LogP contribution in [-0.4, -0.2) is 25.3 Å². The summed E-state index contributed by atoms with van der Waals surface area (Å²) < 4.78 is 5.28. The molecular weight excluding hydrogens is 206 g/mol. The first kappa shape index (κ1) is 12.2. The fourth-order valence-electron chi connectivity index (χ4n) is 1.29. The number of hydrogen-bond acceptors (Lipinski definition) is 3. The number of hydrogen-bond donors (Lipinski definition) is 0. The van der Waals surface area contributed by atoms with E-state index in [4.69, 9.17) is 4.74 Å². The summed E-state index contributed by atoms with van der Waals surface area (Å²) in [6.45, 7) is 3.76. The second kappa shape index (κ2) is 5.30. The number of likely N-dealkylation sites (N-methyl/N-ethyl adjacent to an activating group) is 1. The molecule has 0 aliphatic heterocycles. The summed E-state index contributed by atoms with van der Waals surface area (Å²) in [6, 6.07) is 7.02. The minimum absolute atomic E-state index is 0.476. The van der Waals surface area contributed by atoms with Crippen molar-refractivity contribution in [3.05, 3.63) is 24.3 Å². The van der Waals surface area contributed by atoms with Gasteiger partial charge in [-0.2, -0.15) is 0 Å². The summed E-state index contributed by atoms with van der Waals surface area (Å²) in [5.41, 5.74) is 0.670. The first-order chi connectivity index (χ1) is 7.56. The van der Waals surface area contributed by atoms with Gasteiger partial charge in [-0.05, 0) is 31.2 Å². The Labute approximate surface area is 94.8 Å². The zero-order valence-corrected chi connectivity index (χ0v) is 9.69. The van der Waals surface area contributed by atoms with Crippen molar-refractivity contribution in [2.75, 3.05) is 18.6 Å². The molecule has 0 aromatic heterocycles. The van der Waals surface area contributed by atoms with Crippen LogP contribution < -0.4 is 9.64 Å². The number of rotatable bonds is 4. The Kier molecular flexibility index (Phi) is 4.05. The van der Waals surface area contributed by atoms with E-state index in [1.54, 1.807) is 31.3 Å². The predicted octanol–water partition coefficient (Wildman–Crippen LogP) is 1.64. The summed E-state index contributed by atoms with van der Waals surface area (Å²) in [7, 11) is 1.57. The summed E-state index contributed by atoms with van der Waals surface area (Å²) in [6.07, 6.45) is 0. The maximum absolute atomic E-state index is 11.4. The lowest BCUT2D eigenvalue weighted by Crippen LogP contribution is -2.31. The Morgan fingerprint density at radius 3 is 2.25 bits per heavy atom. The van der Waals surface area contributed by atoms with Gasteiger partial charge < -0.3 is 9.64 Å². The monoisotopic (exact) mass is 221 g/mol. The molecule has 0 unspecified atom stereocenters. The molecule has 0 N–H and O–H groups in total. The van der Waals surface area contributed by atoms with Gasteiger partial charge in [-0.1, -0.05) is 0 Å². The summed E-state index contributed by atoms with van der Waals surface area (Å²) in [5, 5.41) is 0. The molecular formula is C12H15NO3.